The van der Waals surface area contributed by atoms with Crippen molar-refractivity contribution < 1.29 is 13.2 Å². The molecule has 1 N–H and O–H groups in total. The molecular weight excluding hydrogens is 416 g/mol. The molecule has 164 valence electrons. The van der Waals surface area contributed by atoms with Crippen molar-refractivity contribution in [2.75, 3.05) is 29.4 Å². The highest BCUT2D eigenvalue weighted by Gasteiger charge is 2.18. The minimum atomic E-state index is -3.40. The van der Waals surface area contributed by atoms with E-state index in [9.17, 15) is 13.2 Å². The minimum Gasteiger partial charge on any atom is -0.355 e. The first-order valence-electron chi connectivity index (χ1n) is 10.1. The normalized spacial score (nSPS) is 11.3. The van der Waals surface area contributed by atoms with E-state index in [1.807, 2.05) is 44.2 Å². The summed E-state index contributed by atoms with van der Waals surface area (Å²) in [5, 5.41) is 2.92. The summed E-state index contributed by atoms with van der Waals surface area (Å²) in [5.74, 6) is 1.74. The predicted octanol–water partition coefficient (Wildman–Crippen LogP) is 4.21. The second kappa shape index (κ2) is 11.4. The summed E-state index contributed by atoms with van der Waals surface area (Å²) in [7, 11) is -3.40. The van der Waals surface area contributed by atoms with Gasteiger partial charge in [-0.2, -0.15) is 11.8 Å². The van der Waals surface area contributed by atoms with Crippen LogP contribution >= 0.6 is 11.8 Å². The molecule has 1 amide bonds. The Kier molecular flexibility index (Phi) is 9.24. The molecule has 2 aromatic rings. The molecular formula is C23H32N2O3S2. The first-order valence-corrected chi connectivity index (χ1v) is 13.1. The number of rotatable bonds is 11. The van der Waals surface area contributed by atoms with Crippen LogP contribution in [-0.4, -0.2) is 39.4 Å². The van der Waals surface area contributed by atoms with Crippen LogP contribution in [0, 0.1) is 20.8 Å². The maximum absolute atomic E-state index is 12.2. The van der Waals surface area contributed by atoms with Crippen molar-refractivity contribution in [3.8, 4) is 0 Å². The maximum Gasteiger partial charge on any atom is 0.232 e. The molecule has 5 nitrogen and oxygen atoms in total. The molecule has 0 atom stereocenters. The number of benzene rings is 2. The molecule has 0 radical (unpaired) electrons. The molecule has 7 heteroatoms. The number of nitrogens with one attached hydrogen (secondary N) is 1. The Morgan fingerprint density at radius 2 is 1.77 bits per heavy atom. The van der Waals surface area contributed by atoms with Crippen LogP contribution in [0.1, 0.15) is 35.1 Å². The van der Waals surface area contributed by atoms with E-state index >= 15 is 0 Å². The van der Waals surface area contributed by atoms with Gasteiger partial charge in [0.15, 0.2) is 0 Å². The van der Waals surface area contributed by atoms with Crippen molar-refractivity contribution in [2.45, 2.75) is 39.4 Å². The lowest BCUT2D eigenvalue weighted by Crippen LogP contribution is -2.32. The van der Waals surface area contributed by atoms with Gasteiger partial charge in [-0.15, -0.1) is 0 Å². The van der Waals surface area contributed by atoms with Gasteiger partial charge in [0.25, 0.3) is 0 Å². The van der Waals surface area contributed by atoms with Crippen LogP contribution in [0.5, 0.6) is 0 Å². The molecule has 2 rings (SSSR count). The number of sulfonamides is 1. The fourth-order valence-electron chi connectivity index (χ4n) is 3.06. The van der Waals surface area contributed by atoms with Crippen molar-refractivity contribution in [2.24, 2.45) is 0 Å². The smallest absolute Gasteiger partial charge is 0.232 e. The highest BCUT2D eigenvalue weighted by atomic mass is 32.2. The number of carbonyl (C=O) groups is 1. The van der Waals surface area contributed by atoms with Crippen molar-refractivity contribution in [1.82, 2.24) is 5.32 Å². The third-order valence-corrected chi connectivity index (χ3v) is 7.23. The summed E-state index contributed by atoms with van der Waals surface area (Å²) in [5.41, 5.74) is 5.41. The van der Waals surface area contributed by atoms with Crippen LogP contribution in [0.2, 0.25) is 0 Å². The maximum atomic E-state index is 12.2. The second-order valence-corrected chi connectivity index (χ2v) is 10.5. The molecule has 0 heterocycles. The molecule has 0 aliphatic heterocycles. The van der Waals surface area contributed by atoms with Crippen LogP contribution < -0.4 is 9.62 Å². The van der Waals surface area contributed by atoms with Gasteiger partial charge in [-0.05, 0) is 61.6 Å². The standard InChI is InChI=1S/C23H32N2O3S2/c1-18-11-12-22(16-20(18)3)25(30(4,27)28)14-7-10-23(26)24-13-15-29-17-21-9-6-5-8-19(21)2/h5-6,8-9,11-12,16H,7,10,13-15,17H2,1-4H3,(H,24,26). The summed E-state index contributed by atoms with van der Waals surface area (Å²) in [6.45, 7) is 6.96. The van der Waals surface area contributed by atoms with Crippen LogP contribution in [0.15, 0.2) is 42.5 Å². The predicted molar refractivity (Wildman–Crippen MR) is 128 cm³/mol. The number of carbonyl (C=O) groups excluding carboxylic acids is 1. The van der Waals surface area contributed by atoms with Crippen LogP contribution in [0.25, 0.3) is 0 Å². The quantitative estimate of drug-likeness (QED) is 0.523. The average Bonchev–Trinajstić information content (AvgIpc) is 2.68. The molecule has 30 heavy (non-hydrogen) atoms. The van der Waals surface area contributed by atoms with E-state index in [-0.39, 0.29) is 12.5 Å². The molecule has 0 aromatic heterocycles. The van der Waals surface area contributed by atoms with Gasteiger partial charge < -0.3 is 5.32 Å². The van der Waals surface area contributed by atoms with E-state index < -0.39 is 10.0 Å². The first-order chi connectivity index (χ1) is 14.2. The van der Waals surface area contributed by atoms with Crippen LogP contribution in [-0.2, 0) is 20.6 Å². The SMILES string of the molecule is Cc1ccc(N(CCCC(=O)NCCSCc2ccccc2C)S(C)(=O)=O)cc1C. The number of aryl methyl sites for hydroxylation is 3. The van der Waals surface area contributed by atoms with Crippen molar-refractivity contribution in [1.29, 1.82) is 0 Å². The topological polar surface area (TPSA) is 66.5 Å². The van der Waals surface area contributed by atoms with E-state index in [2.05, 4.69) is 24.4 Å². The van der Waals surface area contributed by atoms with Gasteiger partial charge in [-0.25, -0.2) is 8.42 Å². The molecule has 0 saturated heterocycles. The van der Waals surface area contributed by atoms with Gasteiger partial charge >= 0.3 is 0 Å². The lowest BCUT2D eigenvalue weighted by atomic mass is 10.1. The number of hydrogen-bond acceptors (Lipinski definition) is 4. The largest absolute Gasteiger partial charge is 0.355 e. The van der Waals surface area contributed by atoms with Gasteiger partial charge in [0.05, 0.1) is 11.9 Å². The average molecular weight is 449 g/mol. The molecule has 0 spiro atoms. The number of thioether (sulfide) groups is 1. The Balaban J connectivity index is 1.73. The molecule has 2 aromatic carbocycles. The van der Waals surface area contributed by atoms with Gasteiger partial charge in [0, 0.05) is 31.0 Å². The van der Waals surface area contributed by atoms with Crippen LogP contribution in [0.4, 0.5) is 5.69 Å². The highest BCUT2D eigenvalue weighted by molar-refractivity contribution is 7.98. The summed E-state index contributed by atoms with van der Waals surface area (Å²) in [6.07, 6.45) is 1.98. The number of hydrogen-bond donors (Lipinski definition) is 1. The molecule has 0 aliphatic carbocycles. The molecule has 0 bridgehead atoms. The van der Waals surface area contributed by atoms with E-state index in [1.165, 1.54) is 21.7 Å². The van der Waals surface area contributed by atoms with E-state index in [1.54, 1.807) is 11.8 Å². The van der Waals surface area contributed by atoms with Gasteiger partial charge in [-0.1, -0.05) is 30.3 Å². The van der Waals surface area contributed by atoms with Crippen molar-refractivity contribution >= 4 is 33.4 Å². The summed E-state index contributed by atoms with van der Waals surface area (Å²) >= 11 is 1.79. The second-order valence-electron chi connectivity index (χ2n) is 7.54. The zero-order chi connectivity index (χ0) is 22.1. The van der Waals surface area contributed by atoms with Crippen molar-refractivity contribution in [3.63, 3.8) is 0 Å². The fourth-order valence-corrected chi connectivity index (χ4v) is 4.95. The fraction of sp³-hybridized carbons (Fsp3) is 0.435. The third-order valence-electron chi connectivity index (χ3n) is 5.03. The Bertz CT molecular complexity index is 959. The Morgan fingerprint density at radius 1 is 1.03 bits per heavy atom. The minimum absolute atomic E-state index is 0.0416. The van der Waals surface area contributed by atoms with E-state index in [0.717, 1.165) is 22.6 Å². The number of anilines is 1. The van der Waals surface area contributed by atoms with Gasteiger partial charge in [0.2, 0.25) is 15.9 Å². The zero-order valence-corrected chi connectivity index (χ0v) is 19.9. The number of nitrogens with zero attached hydrogens (tertiary/aromatic N) is 1. The first kappa shape index (κ1) is 24.3. The van der Waals surface area contributed by atoms with Crippen LogP contribution in [0.3, 0.4) is 0 Å². The van der Waals surface area contributed by atoms with Gasteiger partial charge in [-0.3, -0.25) is 9.10 Å². The Labute approximate surface area is 185 Å². The zero-order valence-electron chi connectivity index (χ0n) is 18.3. The lowest BCUT2D eigenvalue weighted by molar-refractivity contribution is -0.121. The Morgan fingerprint density at radius 3 is 2.43 bits per heavy atom. The summed E-state index contributed by atoms with van der Waals surface area (Å²) < 4.78 is 25.8. The lowest BCUT2D eigenvalue weighted by Gasteiger charge is -2.23. The summed E-state index contributed by atoms with van der Waals surface area (Å²) in [6, 6.07) is 13.9. The third kappa shape index (κ3) is 7.69. The monoisotopic (exact) mass is 448 g/mol. The van der Waals surface area contributed by atoms with E-state index in [4.69, 9.17) is 0 Å². The van der Waals surface area contributed by atoms with Crippen molar-refractivity contribution in [3.05, 3.63) is 64.7 Å². The highest BCUT2D eigenvalue weighted by Crippen LogP contribution is 2.22. The van der Waals surface area contributed by atoms with E-state index in [0.29, 0.717) is 25.1 Å². The molecule has 0 saturated carbocycles. The Hall–Kier alpha value is -1.99. The van der Waals surface area contributed by atoms with Gasteiger partial charge in [0.1, 0.15) is 0 Å². The molecule has 0 aliphatic rings. The summed E-state index contributed by atoms with van der Waals surface area (Å²) in [4.78, 5) is 12.1. The molecule has 0 fully saturated rings. The number of amides is 1. The molecule has 0 unspecified atom stereocenters.